The zero-order valence-corrected chi connectivity index (χ0v) is 27.7. The van der Waals surface area contributed by atoms with Gasteiger partial charge in [0.25, 0.3) is 0 Å². The quantitative estimate of drug-likeness (QED) is 0.138. The molecule has 0 N–H and O–H groups in total. The fourth-order valence-corrected chi connectivity index (χ4v) is 8.76. The van der Waals surface area contributed by atoms with Crippen LogP contribution in [0, 0.1) is 0 Å². The molecule has 0 radical (unpaired) electrons. The van der Waals surface area contributed by atoms with E-state index >= 15 is 0 Å². The van der Waals surface area contributed by atoms with Crippen LogP contribution in [0.15, 0.2) is 186 Å². The number of furan rings is 1. The Labute approximate surface area is 294 Å². The van der Waals surface area contributed by atoms with Crippen molar-refractivity contribution in [3.05, 3.63) is 182 Å². The molecule has 0 atom stereocenters. The Hall–Kier alpha value is -6.70. The minimum Gasteiger partial charge on any atom is -0.455 e. The Bertz CT molecular complexity index is 3130. The first-order valence-electron chi connectivity index (χ1n) is 17.6. The number of rotatable bonds is 3. The largest absolute Gasteiger partial charge is 0.455 e. The summed E-state index contributed by atoms with van der Waals surface area (Å²) >= 11 is 0. The van der Waals surface area contributed by atoms with Crippen LogP contribution in [0.25, 0.3) is 109 Å². The summed E-state index contributed by atoms with van der Waals surface area (Å²) in [6.45, 7) is 0. The maximum atomic E-state index is 6.70. The van der Waals surface area contributed by atoms with E-state index in [1.165, 1.54) is 81.9 Å². The molecule has 0 fully saturated rings. The SMILES string of the molecule is c1ccc(-c2c(-c3c4ccccc4c(-c4cccc5oc6c7ccccc7ccc6c45)c4ccccc34)c3ccccc3c3ccccc23)cc1. The van der Waals surface area contributed by atoms with Crippen LogP contribution in [0.5, 0.6) is 0 Å². The van der Waals surface area contributed by atoms with Crippen LogP contribution in [0.4, 0.5) is 0 Å². The molecule has 11 aromatic rings. The first kappa shape index (κ1) is 28.2. The molecule has 1 heterocycles. The van der Waals surface area contributed by atoms with E-state index in [0.717, 1.165) is 27.3 Å². The zero-order valence-electron chi connectivity index (χ0n) is 27.7. The van der Waals surface area contributed by atoms with Gasteiger partial charge in [-0.1, -0.05) is 170 Å². The lowest BCUT2D eigenvalue weighted by Gasteiger charge is -2.23. The molecule has 51 heavy (non-hydrogen) atoms. The predicted octanol–water partition coefficient (Wildman–Crippen LogP) is 14.4. The molecular weight excluding hydrogens is 617 g/mol. The van der Waals surface area contributed by atoms with Crippen LogP contribution < -0.4 is 0 Å². The monoisotopic (exact) mass is 646 g/mol. The van der Waals surface area contributed by atoms with Crippen molar-refractivity contribution in [2.45, 2.75) is 0 Å². The molecule has 0 spiro atoms. The first-order valence-corrected chi connectivity index (χ1v) is 17.6. The molecule has 236 valence electrons. The van der Waals surface area contributed by atoms with Crippen molar-refractivity contribution in [1.29, 1.82) is 0 Å². The summed E-state index contributed by atoms with van der Waals surface area (Å²) in [4.78, 5) is 0. The molecule has 0 unspecified atom stereocenters. The van der Waals surface area contributed by atoms with Crippen LogP contribution in [-0.4, -0.2) is 0 Å². The fraction of sp³-hybridized carbons (Fsp3) is 0. The fourth-order valence-electron chi connectivity index (χ4n) is 8.76. The van der Waals surface area contributed by atoms with Crippen molar-refractivity contribution >= 4 is 75.8 Å². The van der Waals surface area contributed by atoms with Crippen LogP contribution in [0.3, 0.4) is 0 Å². The lowest BCUT2D eigenvalue weighted by atomic mass is 9.79. The highest BCUT2D eigenvalue weighted by Gasteiger charge is 2.24. The third kappa shape index (κ3) is 4.03. The Morgan fingerprint density at radius 3 is 1.39 bits per heavy atom. The van der Waals surface area contributed by atoms with Crippen molar-refractivity contribution in [3.8, 4) is 33.4 Å². The van der Waals surface area contributed by atoms with Gasteiger partial charge in [-0.15, -0.1) is 0 Å². The average Bonchev–Trinajstić information content (AvgIpc) is 3.60. The smallest absolute Gasteiger partial charge is 0.143 e. The van der Waals surface area contributed by atoms with Crippen molar-refractivity contribution in [3.63, 3.8) is 0 Å². The molecule has 0 aliphatic heterocycles. The highest BCUT2D eigenvalue weighted by molar-refractivity contribution is 6.31. The van der Waals surface area contributed by atoms with Crippen molar-refractivity contribution in [1.82, 2.24) is 0 Å². The number of hydrogen-bond donors (Lipinski definition) is 0. The Kier molecular flexibility index (Phi) is 6.02. The molecular formula is C50H30O. The summed E-state index contributed by atoms with van der Waals surface area (Å²) in [5, 5.41) is 14.6. The second kappa shape index (κ2) is 10.9. The summed E-state index contributed by atoms with van der Waals surface area (Å²) < 4.78 is 6.70. The van der Waals surface area contributed by atoms with E-state index in [1.807, 2.05) is 0 Å². The molecule has 1 nitrogen and oxygen atoms in total. The standard InChI is InChI=1S/C50H30O/c1-2-16-32(17-3-1)45-36-21-8-6-19-34(36)35-20-7-9-22-37(35)49(45)48-40-25-12-10-23-38(40)46(39-24-11-13-26-41(39)48)42-27-14-28-44-47(42)43-30-29-31-15-4-5-18-33(31)50(43)51-44/h1-30H. The lowest BCUT2D eigenvalue weighted by Crippen LogP contribution is -1.95. The van der Waals surface area contributed by atoms with Gasteiger partial charge in [-0.3, -0.25) is 0 Å². The van der Waals surface area contributed by atoms with Crippen LogP contribution >= 0.6 is 0 Å². The summed E-state index contributed by atoms with van der Waals surface area (Å²) in [5.74, 6) is 0. The predicted molar refractivity (Wildman–Crippen MR) is 218 cm³/mol. The maximum absolute atomic E-state index is 6.70. The van der Waals surface area contributed by atoms with Gasteiger partial charge in [0.05, 0.1) is 0 Å². The topological polar surface area (TPSA) is 13.1 Å². The van der Waals surface area contributed by atoms with Gasteiger partial charge in [0.1, 0.15) is 11.2 Å². The molecule has 0 amide bonds. The van der Waals surface area contributed by atoms with E-state index in [0.29, 0.717) is 0 Å². The lowest BCUT2D eigenvalue weighted by molar-refractivity contribution is 0.673. The molecule has 0 bridgehead atoms. The van der Waals surface area contributed by atoms with E-state index in [1.54, 1.807) is 0 Å². The summed E-state index contributed by atoms with van der Waals surface area (Å²) in [5.41, 5.74) is 9.29. The third-order valence-corrected chi connectivity index (χ3v) is 10.8. The second-order valence-corrected chi connectivity index (χ2v) is 13.5. The van der Waals surface area contributed by atoms with Gasteiger partial charge < -0.3 is 4.42 Å². The number of benzene rings is 10. The zero-order chi connectivity index (χ0) is 33.5. The Morgan fingerprint density at radius 1 is 0.275 bits per heavy atom. The molecule has 10 aromatic carbocycles. The normalized spacial score (nSPS) is 11.9. The van der Waals surface area contributed by atoms with Crippen molar-refractivity contribution < 1.29 is 4.42 Å². The van der Waals surface area contributed by atoms with E-state index in [9.17, 15) is 0 Å². The van der Waals surface area contributed by atoms with Gasteiger partial charge in [-0.2, -0.15) is 0 Å². The molecule has 0 aliphatic rings. The van der Waals surface area contributed by atoms with Gasteiger partial charge in [-0.25, -0.2) is 0 Å². The Balaban J connectivity index is 1.34. The van der Waals surface area contributed by atoms with Gasteiger partial charge in [0, 0.05) is 16.2 Å². The average molecular weight is 647 g/mol. The molecule has 0 saturated heterocycles. The number of hydrogen-bond acceptors (Lipinski definition) is 1. The Morgan fingerprint density at radius 2 is 0.765 bits per heavy atom. The van der Waals surface area contributed by atoms with Crippen LogP contribution in [-0.2, 0) is 0 Å². The highest BCUT2D eigenvalue weighted by Crippen LogP contribution is 2.52. The number of fused-ring (bicyclic) bond motifs is 10. The second-order valence-electron chi connectivity index (χ2n) is 13.5. The van der Waals surface area contributed by atoms with E-state index in [2.05, 4.69) is 182 Å². The van der Waals surface area contributed by atoms with Gasteiger partial charge >= 0.3 is 0 Å². The third-order valence-electron chi connectivity index (χ3n) is 10.8. The molecule has 11 rings (SSSR count). The molecule has 1 aromatic heterocycles. The summed E-state index contributed by atoms with van der Waals surface area (Å²) in [7, 11) is 0. The summed E-state index contributed by atoms with van der Waals surface area (Å²) in [6, 6.07) is 66.3. The molecule has 1 heteroatoms. The molecule has 0 aliphatic carbocycles. The van der Waals surface area contributed by atoms with E-state index < -0.39 is 0 Å². The minimum atomic E-state index is 0.906. The van der Waals surface area contributed by atoms with Crippen molar-refractivity contribution in [2.24, 2.45) is 0 Å². The van der Waals surface area contributed by atoms with Gasteiger partial charge in [0.15, 0.2) is 0 Å². The van der Waals surface area contributed by atoms with E-state index in [-0.39, 0.29) is 0 Å². The summed E-state index contributed by atoms with van der Waals surface area (Å²) in [6.07, 6.45) is 0. The maximum Gasteiger partial charge on any atom is 0.143 e. The first-order chi connectivity index (χ1) is 25.3. The van der Waals surface area contributed by atoms with Gasteiger partial charge in [0.2, 0.25) is 0 Å². The van der Waals surface area contributed by atoms with Crippen LogP contribution in [0.1, 0.15) is 0 Å². The van der Waals surface area contributed by atoms with Crippen LogP contribution in [0.2, 0.25) is 0 Å². The highest BCUT2D eigenvalue weighted by atomic mass is 16.3. The van der Waals surface area contributed by atoms with Gasteiger partial charge in [-0.05, 0) is 94.0 Å². The molecule has 0 saturated carbocycles. The van der Waals surface area contributed by atoms with E-state index in [4.69, 9.17) is 4.42 Å². The minimum absolute atomic E-state index is 0.906. The van der Waals surface area contributed by atoms with Crippen molar-refractivity contribution in [2.75, 3.05) is 0 Å².